The maximum atomic E-state index is 14.5. The molecular formula is C27H27F3N4O3. The van der Waals surface area contributed by atoms with Crippen LogP contribution in [0.25, 0.3) is 11.3 Å². The number of benzene rings is 1. The van der Waals surface area contributed by atoms with E-state index >= 15 is 0 Å². The normalized spacial score (nSPS) is 21.4. The number of ether oxygens (including phenoxy) is 1. The van der Waals surface area contributed by atoms with E-state index in [0.29, 0.717) is 18.4 Å². The van der Waals surface area contributed by atoms with E-state index in [2.05, 4.69) is 15.3 Å². The van der Waals surface area contributed by atoms with Gasteiger partial charge in [0.2, 0.25) is 0 Å². The number of nitrogens with zero attached hydrogens (tertiary/aromatic N) is 2. The summed E-state index contributed by atoms with van der Waals surface area (Å²) in [6, 6.07) is 6.57. The molecule has 2 aromatic heterocycles. The SMILES string of the molecule is COC(=O)N[C@@H]1[C@H](N)C[C@H](c2ccncc2CC(=O)c2ccc(F)c(-c3c(F)cccc3F)n2)C[C@@H]1C. The Kier molecular flexibility index (Phi) is 7.87. The van der Waals surface area contributed by atoms with Crippen molar-refractivity contribution in [1.82, 2.24) is 15.3 Å². The van der Waals surface area contributed by atoms with Gasteiger partial charge in [0.15, 0.2) is 5.78 Å². The largest absolute Gasteiger partial charge is 0.453 e. The molecule has 1 aliphatic rings. The van der Waals surface area contributed by atoms with Gasteiger partial charge in [-0.3, -0.25) is 9.78 Å². The van der Waals surface area contributed by atoms with Gasteiger partial charge in [-0.2, -0.15) is 0 Å². The lowest BCUT2D eigenvalue weighted by Gasteiger charge is -2.39. The molecule has 1 amide bonds. The molecular weight excluding hydrogens is 485 g/mol. The Hall–Kier alpha value is -3.79. The monoisotopic (exact) mass is 512 g/mol. The Bertz CT molecular complexity index is 1290. The number of carbonyl (C=O) groups excluding carboxylic acids is 2. The molecule has 0 spiro atoms. The number of nitrogens with two attached hydrogens (primary N) is 1. The van der Waals surface area contributed by atoms with E-state index in [9.17, 15) is 22.8 Å². The minimum Gasteiger partial charge on any atom is -0.453 e. The van der Waals surface area contributed by atoms with Gasteiger partial charge in [0, 0.05) is 30.9 Å². The van der Waals surface area contributed by atoms with Crippen LogP contribution in [0.2, 0.25) is 0 Å². The molecule has 4 rings (SSSR count). The molecule has 1 saturated carbocycles. The standard InChI is InChI=1S/C27H27F3N4O3/c1-14-10-15(11-21(31)25(14)34-27(36)37-2)17-8-9-32-13-16(17)12-23(35)22-7-6-20(30)26(33-22)24-18(28)4-3-5-19(24)29/h3-9,13-15,21,25H,10-12,31H2,1-2H3,(H,34,36)/t14-,15+,21+,25-/m0/s1. The molecule has 1 aliphatic carbocycles. The zero-order chi connectivity index (χ0) is 26.7. The van der Waals surface area contributed by atoms with E-state index < -0.39 is 40.6 Å². The molecule has 0 unspecified atom stereocenters. The molecule has 2 heterocycles. The summed E-state index contributed by atoms with van der Waals surface area (Å²) in [7, 11) is 1.29. The number of hydrogen-bond donors (Lipinski definition) is 2. The van der Waals surface area contributed by atoms with E-state index in [1.54, 1.807) is 12.4 Å². The summed E-state index contributed by atoms with van der Waals surface area (Å²) in [4.78, 5) is 33.0. The number of nitrogens with one attached hydrogen (secondary N) is 1. The molecule has 1 aromatic carbocycles. The van der Waals surface area contributed by atoms with Gasteiger partial charge in [0.05, 0.1) is 12.7 Å². The fourth-order valence-corrected chi connectivity index (χ4v) is 5.03. The number of aromatic nitrogens is 2. The zero-order valence-electron chi connectivity index (χ0n) is 20.4. The van der Waals surface area contributed by atoms with Crippen molar-refractivity contribution in [1.29, 1.82) is 0 Å². The summed E-state index contributed by atoms with van der Waals surface area (Å²) in [6.45, 7) is 1.99. The number of methoxy groups -OCH3 is 1. The summed E-state index contributed by atoms with van der Waals surface area (Å²) in [5.41, 5.74) is 6.63. The van der Waals surface area contributed by atoms with Crippen molar-refractivity contribution in [3.63, 3.8) is 0 Å². The van der Waals surface area contributed by atoms with Crippen molar-refractivity contribution in [2.24, 2.45) is 11.7 Å². The zero-order valence-corrected chi connectivity index (χ0v) is 20.4. The van der Waals surface area contributed by atoms with Crippen LogP contribution in [0, 0.1) is 23.4 Å². The molecule has 1 fully saturated rings. The quantitative estimate of drug-likeness (QED) is 0.469. The number of pyridine rings is 2. The van der Waals surface area contributed by atoms with Crippen LogP contribution in [-0.2, 0) is 11.2 Å². The smallest absolute Gasteiger partial charge is 0.407 e. The Labute approximate surface area is 212 Å². The molecule has 3 N–H and O–H groups in total. The Morgan fingerprint density at radius 1 is 1.08 bits per heavy atom. The second-order valence-corrected chi connectivity index (χ2v) is 9.27. The Morgan fingerprint density at radius 2 is 1.81 bits per heavy atom. The highest BCUT2D eigenvalue weighted by atomic mass is 19.1. The number of hydrogen-bond acceptors (Lipinski definition) is 6. The molecule has 0 aliphatic heterocycles. The summed E-state index contributed by atoms with van der Waals surface area (Å²) >= 11 is 0. The predicted octanol–water partition coefficient (Wildman–Crippen LogP) is 4.55. The number of halogens is 3. The maximum Gasteiger partial charge on any atom is 0.407 e. The molecule has 10 heteroatoms. The van der Waals surface area contributed by atoms with Crippen LogP contribution in [0.15, 0.2) is 48.8 Å². The molecule has 194 valence electrons. The lowest BCUT2D eigenvalue weighted by Crippen LogP contribution is -2.54. The Morgan fingerprint density at radius 3 is 2.49 bits per heavy atom. The van der Waals surface area contributed by atoms with Crippen LogP contribution < -0.4 is 11.1 Å². The first-order valence-corrected chi connectivity index (χ1v) is 11.9. The van der Waals surface area contributed by atoms with Gasteiger partial charge in [-0.25, -0.2) is 22.9 Å². The van der Waals surface area contributed by atoms with Gasteiger partial charge < -0.3 is 15.8 Å². The van der Waals surface area contributed by atoms with Crippen molar-refractivity contribution in [3.05, 3.63) is 83.1 Å². The summed E-state index contributed by atoms with van der Waals surface area (Å²) < 4.78 is 47.7. The van der Waals surface area contributed by atoms with Crippen molar-refractivity contribution in [2.45, 2.75) is 44.2 Å². The first-order valence-electron chi connectivity index (χ1n) is 11.9. The number of carbonyl (C=O) groups is 2. The molecule has 37 heavy (non-hydrogen) atoms. The molecule has 4 atom stereocenters. The van der Waals surface area contributed by atoms with E-state index in [1.165, 1.54) is 13.2 Å². The highest BCUT2D eigenvalue weighted by molar-refractivity contribution is 5.96. The second-order valence-electron chi connectivity index (χ2n) is 9.27. The molecule has 7 nitrogen and oxygen atoms in total. The lowest BCUT2D eigenvalue weighted by molar-refractivity contribution is 0.0987. The van der Waals surface area contributed by atoms with Crippen molar-refractivity contribution in [2.75, 3.05) is 7.11 Å². The average Bonchev–Trinajstić information content (AvgIpc) is 2.87. The van der Waals surface area contributed by atoms with Crippen LogP contribution >= 0.6 is 0 Å². The predicted molar refractivity (Wildman–Crippen MR) is 130 cm³/mol. The van der Waals surface area contributed by atoms with Crippen LogP contribution in [0.3, 0.4) is 0 Å². The minimum atomic E-state index is -0.978. The first-order chi connectivity index (χ1) is 17.7. The van der Waals surface area contributed by atoms with Gasteiger partial charge in [-0.05, 0) is 66.1 Å². The van der Waals surface area contributed by atoms with Gasteiger partial charge in [0.1, 0.15) is 28.8 Å². The molecule has 0 radical (unpaired) electrons. The van der Waals surface area contributed by atoms with E-state index in [0.717, 1.165) is 29.8 Å². The molecule has 0 saturated heterocycles. The van der Waals surface area contributed by atoms with E-state index in [-0.39, 0.29) is 36.0 Å². The lowest BCUT2D eigenvalue weighted by atomic mass is 9.72. The van der Waals surface area contributed by atoms with E-state index in [4.69, 9.17) is 10.5 Å². The van der Waals surface area contributed by atoms with Crippen LogP contribution in [0.4, 0.5) is 18.0 Å². The van der Waals surface area contributed by atoms with Gasteiger partial charge in [0.25, 0.3) is 0 Å². The highest BCUT2D eigenvalue weighted by Gasteiger charge is 2.36. The summed E-state index contributed by atoms with van der Waals surface area (Å²) in [5.74, 6) is -3.30. The second kappa shape index (κ2) is 11.1. The third-order valence-electron chi connectivity index (χ3n) is 6.82. The number of rotatable bonds is 6. The Balaban J connectivity index is 1.57. The van der Waals surface area contributed by atoms with E-state index in [1.807, 2.05) is 13.0 Å². The van der Waals surface area contributed by atoms with Crippen molar-refractivity contribution >= 4 is 11.9 Å². The topological polar surface area (TPSA) is 107 Å². The van der Waals surface area contributed by atoms with Gasteiger partial charge >= 0.3 is 6.09 Å². The minimum absolute atomic E-state index is 0.00995. The van der Waals surface area contributed by atoms with Crippen LogP contribution in [0.5, 0.6) is 0 Å². The maximum absolute atomic E-state index is 14.5. The van der Waals surface area contributed by atoms with Gasteiger partial charge in [-0.1, -0.05) is 13.0 Å². The molecule has 3 aromatic rings. The van der Waals surface area contributed by atoms with Crippen LogP contribution in [-0.4, -0.2) is 41.0 Å². The molecule has 0 bridgehead atoms. The fraction of sp³-hybridized carbons (Fsp3) is 0.333. The summed E-state index contributed by atoms with van der Waals surface area (Å²) in [6.07, 6.45) is 3.86. The summed E-state index contributed by atoms with van der Waals surface area (Å²) in [5, 5.41) is 2.79. The third kappa shape index (κ3) is 5.64. The van der Waals surface area contributed by atoms with Crippen LogP contribution in [0.1, 0.15) is 47.3 Å². The highest BCUT2D eigenvalue weighted by Crippen LogP contribution is 2.37. The number of ketones is 1. The third-order valence-corrected chi connectivity index (χ3v) is 6.82. The van der Waals surface area contributed by atoms with Gasteiger partial charge in [-0.15, -0.1) is 0 Å². The fourth-order valence-electron chi connectivity index (χ4n) is 5.03. The number of amides is 1. The van der Waals surface area contributed by atoms with Crippen molar-refractivity contribution < 1.29 is 27.5 Å². The number of Topliss-reactive ketones (excluding diaryl/α,β-unsaturated/α-hetero) is 1. The average molecular weight is 513 g/mol. The van der Waals surface area contributed by atoms with Crippen molar-refractivity contribution in [3.8, 4) is 11.3 Å². The number of alkyl carbamates (subject to hydrolysis) is 1. The first kappa shape index (κ1) is 26.3.